The first-order chi connectivity index (χ1) is 8.30. The zero-order valence-electron chi connectivity index (χ0n) is 11.3. The number of hydrogen-bond donors (Lipinski definition) is 1. The van der Waals surface area contributed by atoms with E-state index in [9.17, 15) is 4.79 Å². The summed E-state index contributed by atoms with van der Waals surface area (Å²) in [6, 6.07) is 3.68. The summed E-state index contributed by atoms with van der Waals surface area (Å²) in [6.07, 6.45) is 0.700. The number of pyridine rings is 1. The van der Waals surface area contributed by atoms with Gasteiger partial charge < -0.3 is 14.7 Å². The van der Waals surface area contributed by atoms with Crippen molar-refractivity contribution in [1.82, 2.24) is 9.88 Å². The highest BCUT2D eigenvalue weighted by Gasteiger charge is 2.25. The molecule has 0 bridgehead atoms. The maximum absolute atomic E-state index is 11.1. The van der Waals surface area contributed by atoms with Crippen LogP contribution in [0.25, 0.3) is 0 Å². The average Bonchev–Trinajstić information content (AvgIpc) is 2.24. The van der Waals surface area contributed by atoms with Crippen LogP contribution in [-0.2, 0) is 0 Å². The van der Waals surface area contributed by atoms with E-state index in [4.69, 9.17) is 9.84 Å². The summed E-state index contributed by atoms with van der Waals surface area (Å²) in [6.45, 7) is 8.11. The van der Waals surface area contributed by atoms with E-state index in [2.05, 4.69) is 4.98 Å². The van der Waals surface area contributed by atoms with E-state index in [1.807, 2.05) is 39.8 Å². The van der Waals surface area contributed by atoms with Gasteiger partial charge in [0.15, 0.2) is 0 Å². The summed E-state index contributed by atoms with van der Waals surface area (Å²) in [5, 5.41) is 9.10. The number of carboxylic acid groups (broad SMARTS) is 1. The number of ether oxygens (including phenoxy) is 1. The molecule has 0 fully saturated rings. The first-order valence-corrected chi connectivity index (χ1v) is 5.87. The maximum Gasteiger partial charge on any atom is 0.407 e. The molecule has 0 saturated heterocycles. The minimum absolute atomic E-state index is 0.314. The Bertz CT molecular complexity index is 396. The van der Waals surface area contributed by atoms with E-state index in [0.29, 0.717) is 18.9 Å². The van der Waals surface area contributed by atoms with E-state index >= 15 is 0 Å². The lowest BCUT2D eigenvalue weighted by molar-refractivity contribution is 0.0891. The van der Waals surface area contributed by atoms with Crippen molar-refractivity contribution in [3.8, 4) is 5.75 Å². The van der Waals surface area contributed by atoms with Gasteiger partial charge in [0, 0.05) is 11.2 Å². The van der Waals surface area contributed by atoms with Gasteiger partial charge in [0.05, 0.1) is 12.7 Å². The van der Waals surface area contributed by atoms with Crippen molar-refractivity contribution in [2.45, 2.75) is 33.2 Å². The van der Waals surface area contributed by atoms with Gasteiger partial charge in [-0.25, -0.2) is 4.79 Å². The van der Waals surface area contributed by atoms with E-state index in [0.717, 1.165) is 5.69 Å². The molecule has 0 aliphatic rings. The Morgan fingerprint density at radius 2 is 2.11 bits per heavy atom. The monoisotopic (exact) mass is 252 g/mol. The summed E-state index contributed by atoms with van der Waals surface area (Å²) in [7, 11) is 0. The Balaban J connectivity index is 2.49. The van der Waals surface area contributed by atoms with Gasteiger partial charge >= 0.3 is 6.09 Å². The molecular weight excluding hydrogens is 232 g/mol. The molecule has 0 atom stereocenters. The third kappa shape index (κ3) is 4.24. The normalized spacial score (nSPS) is 11.1. The minimum atomic E-state index is -0.937. The molecular formula is C13H20N2O3. The zero-order valence-corrected chi connectivity index (χ0v) is 11.3. The van der Waals surface area contributed by atoms with Gasteiger partial charge in [-0.15, -0.1) is 0 Å². The summed E-state index contributed by atoms with van der Waals surface area (Å²) < 4.78 is 5.47. The predicted molar refractivity (Wildman–Crippen MR) is 69.0 cm³/mol. The number of aryl methyl sites for hydroxylation is 1. The molecule has 1 aromatic rings. The maximum atomic E-state index is 11.1. The van der Waals surface area contributed by atoms with E-state index < -0.39 is 11.6 Å². The second-order valence-corrected chi connectivity index (χ2v) is 5.09. The first kappa shape index (κ1) is 14.3. The molecule has 5 heteroatoms. The number of nitrogens with zero attached hydrogens (tertiary/aromatic N) is 2. The van der Waals surface area contributed by atoms with Gasteiger partial charge in [-0.05, 0) is 39.8 Å². The Kier molecular flexibility index (Phi) is 4.53. The molecule has 1 heterocycles. The van der Waals surface area contributed by atoms with Crippen LogP contribution in [0.15, 0.2) is 18.3 Å². The van der Waals surface area contributed by atoms with E-state index in [1.54, 1.807) is 6.20 Å². The van der Waals surface area contributed by atoms with E-state index in [-0.39, 0.29) is 0 Å². The third-order valence-electron chi connectivity index (χ3n) is 2.51. The van der Waals surface area contributed by atoms with Gasteiger partial charge in [0.25, 0.3) is 0 Å². The Morgan fingerprint density at radius 1 is 1.44 bits per heavy atom. The van der Waals surface area contributed by atoms with Crippen molar-refractivity contribution in [3.63, 3.8) is 0 Å². The van der Waals surface area contributed by atoms with Crippen molar-refractivity contribution in [2.75, 3.05) is 13.2 Å². The number of rotatable bonds is 4. The van der Waals surface area contributed by atoms with Crippen LogP contribution in [-0.4, -0.2) is 39.8 Å². The molecule has 0 unspecified atom stereocenters. The molecule has 0 radical (unpaired) electrons. The summed E-state index contributed by atoms with van der Waals surface area (Å²) >= 11 is 0. The van der Waals surface area contributed by atoms with Gasteiger partial charge in [-0.1, -0.05) is 0 Å². The molecule has 0 saturated carbocycles. The molecule has 18 heavy (non-hydrogen) atoms. The van der Waals surface area contributed by atoms with Crippen LogP contribution in [0.4, 0.5) is 4.79 Å². The van der Waals surface area contributed by atoms with Crippen LogP contribution in [0.3, 0.4) is 0 Å². The molecule has 1 aromatic heterocycles. The Labute approximate surface area is 107 Å². The van der Waals surface area contributed by atoms with Crippen LogP contribution in [0.1, 0.15) is 26.5 Å². The lowest BCUT2D eigenvalue weighted by atomic mass is 10.1. The highest BCUT2D eigenvalue weighted by molar-refractivity contribution is 5.65. The van der Waals surface area contributed by atoms with Gasteiger partial charge in [0.1, 0.15) is 12.4 Å². The highest BCUT2D eigenvalue weighted by atomic mass is 16.5. The fraction of sp³-hybridized carbons (Fsp3) is 0.538. The Hall–Kier alpha value is -1.78. The van der Waals surface area contributed by atoms with Crippen LogP contribution in [0.5, 0.6) is 5.75 Å². The molecule has 100 valence electrons. The molecule has 0 aliphatic carbocycles. The van der Waals surface area contributed by atoms with Crippen molar-refractivity contribution >= 4 is 6.09 Å². The second-order valence-electron chi connectivity index (χ2n) is 5.09. The van der Waals surface area contributed by atoms with Crippen molar-refractivity contribution in [2.24, 2.45) is 0 Å². The van der Waals surface area contributed by atoms with Crippen molar-refractivity contribution in [3.05, 3.63) is 24.0 Å². The van der Waals surface area contributed by atoms with E-state index in [1.165, 1.54) is 4.90 Å². The van der Waals surface area contributed by atoms with Gasteiger partial charge in [-0.2, -0.15) is 0 Å². The fourth-order valence-corrected chi connectivity index (χ4v) is 1.51. The Morgan fingerprint density at radius 3 is 2.56 bits per heavy atom. The fourth-order valence-electron chi connectivity index (χ4n) is 1.51. The SMILES string of the molecule is Cc1ccc(OCCN(C(=O)O)C(C)(C)C)cn1. The van der Waals surface area contributed by atoms with Crippen LogP contribution in [0.2, 0.25) is 0 Å². The topological polar surface area (TPSA) is 62.7 Å². The number of hydrogen-bond acceptors (Lipinski definition) is 3. The third-order valence-corrected chi connectivity index (χ3v) is 2.51. The second kappa shape index (κ2) is 5.71. The quantitative estimate of drug-likeness (QED) is 0.894. The minimum Gasteiger partial charge on any atom is -0.490 e. The van der Waals surface area contributed by atoms with Crippen LogP contribution in [0, 0.1) is 6.92 Å². The molecule has 1 amide bonds. The smallest absolute Gasteiger partial charge is 0.407 e. The summed E-state index contributed by atoms with van der Waals surface area (Å²) in [4.78, 5) is 16.6. The zero-order chi connectivity index (χ0) is 13.8. The molecule has 1 N–H and O–H groups in total. The van der Waals surface area contributed by atoms with Gasteiger partial charge in [0.2, 0.25) is 0 Å². The molecule has 0 aliphatic heterocycles. The largest absolute Gasteiger partial charge is 0.490 e. The van der Waals surface area contributed by atoms with Crippen LogP contribution >= 0.6 is 0 Å². The summed E-state index contributed by atoms with van der Waals surface area (Å²) in [5.41, 5.74) is 0.491. The summed E-state index contributed by atoms with van der Waals surface area (Å²) in [5.74, 6) is 0.653. The predicted octanol–water partition coefficient (Wildman–Crippen LogP) is 2.55. The number of aromatic nitrogens is 1. The molecule has 0 aromatic carbocycles. The lowest BCUT2D eigenvalue weighted by Gasteiger charge is -2.32. The van der Waals surface area contributed by atoms with Gasteiger partial charge in [-0.3, -0.25) is 4.98 Å². The van der Waals surface area contributed by atoms with Crippen molar-refractivity contribution < 1.29 is 14.6 Å². The number of carbonyl (C=O) groups is 1. The first-order valence-electron chi connectivity index (χ1n) is 5.87. The standard InChI is InChI=1S/C13H20N2O3/c1-10-5-6-11(9-14-10)18-8-7-15(12(16)17)13(2,3)4/h5-6,9H,7-8H2,1-4H3,(H,16,17). The lowest BCUT2D eigenvalue weighted by Crippen LogP contribution is -2.46. The average molecular weight is 252 g/mol. The van der Waals surface area contributed by atoms with Crippen LogP contribution < -0.4 is 4.74 Å². The molecule has 0 spiro atoms. The van der Waals surface area contributed by atoms with Crippen molar-refractivity contribution in [1.29, 1.82) is 0 Å². The molecule has 5 nitrogen and oxygen atoms in total. The number of amides is 1. The highest BCUT2D eigenvalue weighted by Crippen LogP contribution is 2.14. The molecule has 1 rings (SSSR count).